The second-order valence-corrected chi connectivity index (χ2v) is 9.06. The Labute approximate surface area is 218 Å². The Morgan fingerprint density at radius 1 is 0.474 bits per heavy atom. The fourth-order valence-electron chi connectivity index (χ4n) is 4.43. The Bertz CT molecular complexity index is 1440. The summed E-state index contributed by atoms with van der Waals surface area (Å²) in [6.07, 6.45) is 0.417. The fourth-order valence-corrected chi connectivity index (χ4v) is 4.43. The van der Waals surface area contributed by atoms with Crippen LogP contribution in [-0.2, 0) is 12.8 Å². The number of hydrogen-bond acceptors (Lipinski definition) is 7. The molecule has 2 heterocycles. The van der Waals surface area contributed by atoms with Crippen molar-refractivity contribution < 1.29 is 33.3 Å². The van der Waals surface area contributed by atoms with Crippen LogP contribution in [0.1, 0.15) is 47.8 Å². The first-order chi connectivity index (χ1) is 18.5. The molecular weight excluding hydrogens is 484 g/mol. The van der Waals surface area contributed by atoms with E-state index in [1.807, 2.05) is 0 Å². The van der Waals surface area contributed by atoms with Crippen molar-refractivity contribution in [1.29, 1.82) is 0 Å². The first-order valence-corrected chi connectivity index (χ1v) is 12.1. The molecule has 2 aliphatic rings. The minimum Gasteiger partial charge on any atom is -0.454 e. The van der Waals surface area contributed by atoms with E-state index in [1.165, 1.54) is 0 Å². The fraction of sp³-hybridized carbons (Fsp3) is 0.129. The lowest BCUT2D eigenvalue weighted by Gasteiger charge is -2.07. The van der Waals surface area contributed by atoms with Gasteiger partial charge in [0, 0.05) is 35.1 Å². The van der Waals surface area contributed by atoms with Gasteiger partial charge in [0.25, 0.3) is 0 Å². The van der Waals surface area contributed by atoms with Crippen molar-refractivity contribution >= 4 is 17.3 Å². The summed E-state index contributed by atoms with van der Waals surface area (Å²) in [5, 5.41) is 0. The number of ketones is 3. The molecule has 2 aliphatic heterocycles. The van der Waals surface area contributed by atoms with E-state index < -0.39 is 0 Å². The molecule has 188 valence electrons. The van der Waals surface area contributed by atoms with E-state index in [9.17, 15) is 14.4 Å². The molecule has 0 bridgehead atoms. The number of hydrogen-bond donors (Lipinski definition) is 0. The number of rotatable bonds is 8. The maximum absolute atomic E-state index is 13.0. The molecule has 38 heavy (non-hydrogen) atoms. The number of carbonyl (C=O) groups excluding carboxylic acids is 3. The third-order valence-corrected chi connectivity index (χ3v) is 6.55. The van der Waals surface area contributed by atoms with E-state index in [4.69, 9.17) is 18.9 Å². The molecule has 6 rings (SSSR count). The molecule has 0 spiro atoms. The molecule has 4 aromatic carbocycles. The van der Waals surface area contributed by atoms with Crippen LogP contribution in [0.2, 0.25) is 0 Å². The highest BCUT2D eigenvalue weighted by Gasteiger charge is 2.18. The Kier molecular flexibility index (Phi) is 6.09. The summed E-state index contributed by atoms with van der Waals surface area (Å²) < 4.78 is 21.3. The maximum atomic E-state index is 13.0. The summed E-state index contributed by atoms with van der Waals surface area (Å²) >= 11 is 0. The van der Waals surface area contributed by atoms with Gasteiger partial charge in [-0.1, -0.05) is 48.5 Å². The summed E-state index contributed by atoms with van der Waals surface area (Å²) in [6.45, 7) is 0.314. The normalized spacial score (nSPS) is 12.8. The van der Waals surface area contributed by atoms with Gasteiger partial charge >= 0.3 is 0 Å². The molecule has 7 nitrogen and oxygen atoms in total. The maximum Gasteiger partial charge on any atom is 0.231 e. The van der Waals surface area contributed by atoms with Crippen molar-refractivity contribution in [2.75, 3.05) is 13.6 Å². The summed E-state index contributed by atoms with van der Waals surface area (Å²) in [7, 11) is 0. The molecule has 0 aromatic heterocycles. The van der Waals surface area contributed by atoms with Gasteiger partial charge in [0.05, 0.1) is 0 Å². The molecule has 4 aromatic rings. The van der Waals surface area contributed by atoms with Gasteiger partial charge in [0.1, 0.15) is 0 Å². The van der Waals surface area contributed by atoms with E-state index in [2.05, 4.69) is 0 Å². The van der Waals surface area contributed by atoms with E-state index >= 15 is 0 Å². The lowest BCUT2D eigenvalue weighted by Crippen LogP contribution is -2.06. The number of Topliss-reactive ketones (excluding diaryl/α,β-unsaturated/α-hetero) is 2. The van der Waals surface area contributed by atoms with Crippen LogP contribution in [0.15, 0.2) is 84.9 Å². The van der Waals surface area contributed by atoms with Gasteiger partial charge in [-0.2, -0.15) is 0 Å². The predicted molar refractivity (Wildman–Crippen MR) is 138 cm³/mol. The quantitative estimate of drug-likeness (QED) is 0.303. The second-order valence-electron chi connectivity index (χ2n) is 9.06. The minimum atomic E-state index is -0.132. The first-order valence-electron chi connectivity index (χ1n) is 12.1. The second kappa shape index (κ2) is 9.86. The monoisotopic (exact) mass is 506 g/mol. The number of benzene rings is 4. The largest absolute Gasteiger partial charge is 0.454 e. The van der Waals surface area contributed by atoms with Crippen LogP contribution in [-0.4, -0.2) is 30.9 Å². The third kappa shape index (κ3) is 4.74. The van der Waals surface area contributed by atoms with Crippen LogP contribution in [0.25, 0.3) is 0 Å². The Hall–Kier alpha value is -4.91. The standard InChI is InChI=1S/C31H22O7/c32-25(23-9-11-27-29(15-23)37-17-35-27)13-19-1-5-21(6-2-19)31(34)22-7-3-20(4-8-22)14-26(33)24-10-12-28-30(16-24)38-18-36-28/h1-12,15-16H,13-14,17-18H2. The first kappa shape index (κ1) is 23.5. The Balaban J connectivity index is 1.08. The lowest BCUT2D eigenvalue weighted by atomic mass is 9.97. The van der Waals surface area contributed by atoms with Crippen LogP contribution in [0.4, 0.5) is 0 Å². The van der Waals surface area contributed by atoms with Crippen LogP contribution < -0.4 is 18.9 Å². The van der Waals surface area contributed by atoms with Crippen LogP contribution in [0.5, 0.6) is 23.0 Å². The average molecular weight is 507 g/mol. The predicted octanol–water partition coefficient (Wildman–Crippen LogP) is 5.23. The number of ether oxygens (including phenoxy) is 4. The Morgan fingerprint density at radius 3 is 1.26 bits per heavy atom. The van der Waals surface area contributed by atoms with Crippen molar-refractivity contribution in [3.8, 4) is 23.0 Å². The van der Waals surface area contributed by atoms with Gasteiger partial charge in [-0.25, -0.2) is 0 Å². The highest BCUT2D eigenvalue weighted by atomic mass is 16.7. The lowest BCUT2D eigenvalue weighted by molar-refractivity contribution is 0.0984. The summed E-state index contributed by atoms with van der Waals surface area (Å²) in [6, 6.07) is 24.3. The van der Waals surface area contributed by atoms with Gasteiger partial charge in [-0.3, -0.25) is 14.4 Å². The van der Waals surface area contributed by atoms with Crippen LogP contribution in [0, 0.1) is 0 Å². The van der Waals surface area contributed by atoms with Crippen molar-refractivity contribution in [1.82, 2.24) is 0 Å². The van der Waals surface area contributed by atoms with Gasteiger partial charge in [0.15, 0.2) is 40.3 Å². The molecule has 0 N–H and O–H groups in total. The van der Waals surface area contributed by atoms with Crippen LogP contribution >= 0.6 is 0 Å². The van der Waals surface area contributed by atoms with Crippen molar-refractivity contribution in [2.24, 2.45) is 0 Å². The topological polar surface area (TPSA) is 88.1 Å². The zero-order chi connectivity index (χ0) is 26.1. The number of fused-ring (bicyclic) bond motifs is 2. The Morgan fingerprint density at radius 2 is 0.842 bits per heavy atom. The van der Waals surface area contributed by atoms with Crippen molar-refractivity contribution in [3.05, 3.63) is 118 Å². The SMILES string of the molecule is O=C(Cc1ccc(C(=O)c2ccc(CC(=O)c3ccc4c(c3)OCO4)cc2)cc1)c1ccc2c(c1)OCO2. The molecule has 0 radical (unpaired) electrons. The van der Waals surface area contributed by atoms with Crippen LogP contribution in [0.3, 0.4) is 0 Å². The average Bonchev–Trinajstić information content (AvgIpc) is 3.62. The molecule has 0 amide bonds. The minimum absolute atomic E-state index is 0.0479. The third-order valence-electron chi connectivity index (χ3n) is 6.55. The van der Waals surface area contributed by atoms with Gasteiger partial charge < -0.3 is 18.9 Å². The van der Waals surface area contributed by atoms with E-state index in [1.54, 1.807) is 84.9 Å². The van der Waals surface area contributed by atoms with Crippen molar-refractivity contribution in [2.45, 2.75) is 12.8 Å². The molecule has 0 saturated carbocycles. The molecular formula is C31H22O7. The summed E-state index contributed by atoms with van der Waals surface area (Å²) in [4.78, 5) is 38.4. The summed E-state index contributed by atoms with van der Waals surface area (Å²) in [5.41, 5.74) is 3.75. The summed E-state index contributed by atoms with van der Waals surface area (Å²) in [5.74, 6) is 2.18. The molecule has 7 heteroatoms. The number of carbonyl (C=O) groups is 3. The molecule has 0 aliphatic carbocycles. The van der Waals surface area contributed by atoms with E-state index in [-0.39, 0.29) is 43.8 Å². The molecule has 0 atom stereocenters. The smallest absolute Gasteiger partial charge is 0.231 e. The molecule has 0 fully saturated rings. The zero-order valence-corrected chi connectivity index (χ0v) is 20.3. The highest BCUT2D eigenvalue weighted by Crippen LogP contribution is 2.34. The zero-order valence-electron chi connectivity index (χ0n) is 20.3. The van der Waals surface area contributed by atoms with Crippen molar-refractivity contribution in [3.63, 3.8) is 0 Å². The van der Waals surface area contributed by atoms with Gasteiger partial charge in [-0.05, 0) is 47.5 Å². The van der Waals surface area contributed by atoms with E-state index in [0.717, 1.165) is 11.1 Å². The van der Waals surface area contributed by atoms with Gasteiger partial charge in [-0.15, -0.1) is 0 Å². The molecule has 0 unspecified atom stereocenters. The van der Waals surface area contributed by atoms with Gasteiger partial charge in [0.2, 0.25) is 13.6 Å². The van der Waals surface area contributed by atoms with E-state index in [0.29, 0.717) is 45.3 Å². The highest BCUT2D eigenvalue weighted by molar-refractivity contribution is 6.09. The molecule has 0 saturated heterocycles.